The molecule has 1 saturated carbocycles. The maximum absolute atomic E-state index is 6.05. The first kappa shape index (κ1) is 12.9. The molecule has 0 aromatic rings. The van der Waals surface area contributed by atoms with Crippen molar-refractivity contribution in [2.75, 3.05) is 33.9 Å². The Kier molecular flexibility index (Phi) is 5.58. The van der Waals surface area contributed by atoms with Gasteiger partial charge in [-0.05, 0) is 38.1 Å². The first-order valence-corrected chi connectivity index (χ1v) is 6.06. The van der Waals surface area contributed by atoms with E-state index in [0.717, 1.165) is 37.8 Å². The van der Waals surface area contributed by atoms with E-state index >= 15 is 0 Å². The average molecular weight is 214 g/mol. The van der Waals surface area contributed by atoms with E-state index in [1.54, 1.807) is 7.11 Å². The lowest BCUT2D eigenvalue weighted by atomic mass is 10.1. The average Bonchev–Trinajstić information content (AvgIpc) is 2.81. The lowest BCUT2D eigenvalue weighted by Gasteiger charge is -2.21. The number of ether oxygens (including phenoxy) is 1. The van der Waals surface area contributed by atoms with Gasteiger partial charge in [-0.15, -0.1) is 0 Å². The minimum atomic E-state index is 0.305. The van der Waals surface area contributed by atoms with E-state index in [9.17, 15) is 0 Å². The Labute approximate surface area is 94.0 Å². The lowest BCUT2D eigenvalue weighted by molar-refractivity contribution is 0.187. The Morgan fingerprint density at radius 1 is 1.53 bits per heavy atom. The zero-order chi connectivity index (χ0) is 11.3. The van der Waals surface area contributed by atoms with Crippen molar-refractivity contribution in [3.63, 3.8) is 0 Å². The summed E-state index contributed by atoms with van der Waals surface area (Å²) in [5.41, 5.74) is 6.05. The van der Waals surface area contributed by atoms with Crippen LogP contribution in [0.25, 0.3) is 0 Å². The minimum absolute atomic E-state index is 0.305. The number of hydrogen-bond donors (Lipinski definition) is 1. The fourth-order valence-corrected chi connectivity index (χ4v) is 2.11. The van der Waals surface area contributed by atoms with Gasteiger partial charge in [0, 0.05) is 32.8 Å². The summed E-state index contributed by atoms with van der Waals surface area (Å²) in [6, 6.07) is 0.305. The Balaban J connectivity index is 2.00. The molecule has 3 atom stereocenters. The molecule has 0 aromatic carbocycles. The molecule has 1 aliphatic carbocycles. The van der Waals surface area contributed by atoms with Gasteiger partial charge in [-0.3, -0.25) is 0 Å². The summed E-state index contributed by atoms with van der Waals surface area (Å²) >= 11 is 0. The standard InChI is InChI=1S/C12H26N2O/c1-10-7-11(10)8-14(2)9-12(13)5-4-6-15-3/h10-12H,4-9,13H2,1-3H3. The number of likely N-dealkylation sites (N-methyl/N-ethyl adjacent to an activating group) is 1. The topological polar surface area (TPSA) is 38.5 Å². The third-order valence-electron chi connectivity index (χ3n) is 3.29. The number of hydrogen-bond acceptors (Lipinski definition) is 3. The molecule has 0 aromatic heterocycles. The van der Waals surface area contributed by atoms with Crippen molar-refractivity contribution < 1.29 is 4.74 Å². The minimum Gasteiger partial charge on any atom is -0.385 e. The number of methoxy groups -OCH3 is 1. The van der Waals surface area contributed by atoms with E-state index in [1.165, 1.54) is 13.0 Å². The van der Waals surface area contributed by atoms with Crippen LogP contribution in [-0.4, -0.2) is 44.8 Å². The molecule has 90 valence electrons. The second-order valence-corrected chi connectivity index (χ2v) is 5.09. The van der Waals surface area contributed by atoms with Gasteiger partial charge in [0.15, 0.2) is 0 Å². The molecule has 0 amide bonds. The Hall–Kier alpha value is -0.120. The quantitative estimate of drug-likeness (QED) is 0.620. The van der Waals surface area contributed by atoms with Crippen molar-refractivity contribution in [2.24, 2.45) is 17.6 Å². The number of rotatable bonds is 8. The second kappa shape index (κ2) is 6.46. The highest BCUT2D eigenvalue weighted by Gasteiger charge is 2.33. The first-order valence-electron chi connectivity index (χ1n) is 6.06. The predicted octanol–water partition coefficient (Wildman–Crippen LogP) is 1.33. The summed E-state index contributed by atoms with van der Waals surface area (Å²) in [6.07, 6.45) is 3.55. The predicted molar refractivity (Wildman–Crippen MR) is 63.9 cm³/mol. The highest BCUT2D eigenvalue weighted by Crippen LogP contribution is 2.37. The van der Waals surface area contributed by atoms with Gasteiger partial charge in [0.1, 0.15) is 0 Å². The van der Waals surface area contributed by atoms with Crippen molar-refractivity contribution in [1.82, 2.24) is 4.90 Å². The summed E-state index contributed by atoms with van der Waals surface area (Å²) in [7, 11) is 3.92. The maximum atomic E-state index is 6.05. The van der Waals surface area contributed by atoms with Crippen LogP contribution in [0, 0.1) is 11.8 Å². The molecule has 2 N–H and O–H groups in total. The fraction of sp³-hybridized carbons (Fsp3) is 1.00. The molecule has 1 rings (SSSR count). The molecular weight excluding hydrogens is 188 g/mol. The van der Waals surface area contributed by atoms with Crippen LogP contribution in [-0.2, 0) is 4.74 Å². The summed E-state index contributed by atoms with van der Waals surface area (Å²) in [5.74, 6) is 1.87. The molecular formula is C12H26N2O. The normalized spacial score (nSPS) is 27.0. The molecule has 0 radical (unpaired) electrons. The fourth-order valence-electron chi connectivity index (χ4n) is 2.11. The van der Waals surface area contributed by atoms with Gasteiger partial charge >= 0.3 is 0 Å². The summed E-state index contributed by atoms with van der Waals surface area (Å²) < 4.78 is 5.02. The van der Waals surface area contributed by atoms with Gasteiger partial charge in [0.05, 0.1) is 0 Å². The van der Waals surface area contributed by atoms with Crippen molar-refractivity contribution in [1.29, 1.82) is 0 Å². The molecule has 0 heterocycles. The maximum Gasteiger partial charge on any atom is 0.0462 e. The highest BCUT2D eigenvalue weighted by molar-refractivity contribution is 4.85. The molecule has 0 aliphatic heterocycles. The van der Waals surface area contributed by atoms with E-state index in [0.29, 0.717) is 6.04 Å². The van der Waals surface area contributed by atoms with Crippen LogP contribution < -0.4 is 5.73 Å². The third kappa shape index (κ3) is 5.50. The summed E-state index contributed by atoms with van der Waals surface area (Å²) in [5, 5.41) is 0. The Morgan fingerprint density at radius 2 is 2.20 bits per heavy atom. The molecule has 1 fully saturated rings. The zero-order valence-electron chi connectivity index (χ0n) is 10.4. The molecule has 3 heteroatoms. The van der Waals surface area contributed by atoms with Gasteiger partial charge in [0.2, 0.25) is 0 Å². The lowest BCUT2D eigenvalue weighted by Crippen LogP contribution is -2.36. The van der Waals surface area contributed by atoms with Crippen LogP contribution in [0.2, 0.25) is 0 Å². The van der Waals surface area contributed by atoms with Crippen LogP contribution in [0.3, 0.4) is 0 Å². The molecule has 15 heavy (non-hydrogen) atoms. The molecule has 3 nitrogen and oxygen atoms in total. The van der Waals surface area contributed by atoms with Crippen LogP contribution in [0.1, 0.15) is 26.2 Å². The highest BCUT2D eigenvalue weighted by atomic mass is 16.5. The van der Waals surface area contributed by atoms with Crippen molar-refractivity contribution in [3.8, 4) is 0 Å². The van der Waals surface area contributed by atoms with E-state index in [4.69, 9.17) is 10.5 Å². The number of nitrogens with zero attached hydrogens (tertiary/aromatic N) is 1. The SMILES string of the molecule is COCCCC(N)CN(C)CC1CC1C. The van der Waals surface area contributed by atoms with E-state index in [1.807, 2.05) is 0 Å². The van der Waals surface area contributed by atoms with Gasteiger partial charge in [-0.1, -0.05) is 6.92 Å². The van der Waals surface area contributed by atoms with Gasteiger partial charge in [-0.2, -0.15) is 0 Å². The monoisotopic (exact) mass is 214 g/mol. The molecule has 0 saturated heterocycles. The molecule has 0 spiro atoms. The largest absolute Gasteiger partial charge is 0.385 e. The zero-order valence-corrected chi connectivity index (χ0v) is 10.4. The van der Waals surface area contributed by atoms with Crippen LogP contribution >= 0.6 is 0 Å². The molecule has 1 aliphatic rings. The van der Waals surface area contributed by atoms with Crippen LogP contribution in [0.4, 0.5) is 0 Å². The van der Waals surface area contributed by atoms with Crippen molar-refractivity contribution >= 4 is 0 Å². The smallest absolute Gasteiger partial charge is 0.0462 e. The molecule has 3 unspecified atom stereocenters. The second-order valence-electron chi connectivity index (χ2n) is 5.09. The summed E-state index contributed by atoms with van der Waals surface area (Å²) in [4.78, 5) is 2.38. The van der Waals surface area contributed by atoms with Crippen LogP contribution in [0.5, 0.6) is 0 Å². The first-order chi connectivity index (χ1) is 7.13. The Bertz CT molecular complexity index is 175. The Morgan fingerprint density at radius 3 is 2.73 bits per heavy atom. The van der Waals surface area contributed by atoms with Crippen molar-refractivity contribution in [2.45, 2.75) is 32.2 Å². The van der Waals surface area contributed by atoms with E-state index < -0.39 is 0 Å². The van der Waals surface area contributed by atoms with Gasteiger partial charge in [-0.25, -0.2) is 0 Å². The summed E-state index contributed by atoms with van der Waals surface area (Å²) in [6.45, 7) is 5.40. The van der Waals surface area contributed by atoms with Gasteiger partial charge < -0.3 is 15.4 Å². The van der Waals surface area contributed by atoms with Crippen molar-refractivity contribution in [3.05, 3.63) is 0 Å². The number of nitrogens with two attached hydrogens (primary N) is 1. The van der Waals surface area contributed by atoms with E-state index in [2.05, 4.69) is 18.9 Å². The molecule has 0 bridgehead atoms. The van der Waals surface area contributed by atoms with Gasteiger partial charge in [0.25, 0.3) is 0 Å². The van der Waals surface area contributed by atoms with Crippen LogP contribution in [0.15, 0.2) is 0 Å². The van der Waals surface area contributed by atoms with E-state index in [-0.39, 0.29) is 0 Å². The third-order valence-corrected chi connectivity index (χ3v) is 3.29.